The lowest BCUT2D eigenvalue weighted by molar-refractivity contribution is -0.122. The van der Waals surface area contributed by atoms with E-state index in [0.717, 1.165) is 0 Å². The maximum atomic E-state index is 12.8. The zero-order valence-electron chi connectivity index (χ0n) is 17.9. The van der Waals surface area contributed by atoms with Crippen LogP contribution < -0.4 is 25.0 Å². The average molecular weight is 439 g/mol. The molecule has 2 aliphatic rings. The van der Waals surface area contributed by atoms with Gasteiger partial charge in [-0.05, 0) is 36.2 Å². The molecule has 2 aromatic carbocycles. The van der Waals surface area contributed by atoms with E-state index in [4.69, 9.17) is 14.2 Å². The van der Waals surface area contributed by atoms with Gasteiger partial charge in [0.15, 0.2) is 11.5 Å². The SMILES string of the molecule is CC(C)COC(=O)Nc1cccc(NC(=O)C2CC(=O)N(c3ccc4c(c3)OCO4)C2)c1. The Bertz CT molecular complexity index is 1040. The minimum Gasteiger partial charge on any atom is -0.454 e. The molecule has 0 aliphatic carbocycles. The van der Waals surface area contributed by atoms with E-state index in [1.165, 1.54) is 0 Å². The highest BCUT2D eigenvalue weighted by molar-refractivity contribution is 6.03. The third-order valence-electron chi connectivity index (χ3n) is 5.09. The Morgan fingerprint density at radius 2 is 1.84 bits per heavy atom. The van der Waals surface area contributed by atoms with E-state index >= 15 is 0 Å². The molecule has 1 saturated heterocycles. The van der Waals surface area contributed by atoms with Crippen LogP contribution in [0.25, 0.3) is 0 Å². The van der Waals surface area contributed by atoms with Gasteiger partial charge in [-0.25, -0.2) is 4.79 Å². The van der Waals surface area contributed by atoms with Gasteiger partial charge in [-0.2, -0.15) is 0 Å². The number of benzene rings is 2. The zero-order chi connectivity index (χ0) is 22.7. The van der Waals surface area contributed by atoms with E-state index in [1.54, 1.807) is 47.4 Å². The molecule has 9 heteroatoms. The lowest BCUT2D eigenvalue weighted by atomic mass is 10.1. The fourth-order valence-corrected chi connectivity index (χ4v) is 3.50. The smallest absolute Gasteiger partial charge is 0.411 e. The molecular formula is C23H25N3O6. The molecule has 0 aromatic heterocycles. The van der Waals surface area contributed by atoms with Crippen LogP contribution in [0.1, 0.15) is 20.3 Å². The first-order chi connectivity index (χ1) is 15.4. The Morgan fingerprint density at radius 3 is 2.62 bits per heavy atom. The second kappa shape index (κ2) is 9.17. The van der Waals surface area contributed by atoms with Crippen molar-refractivity contribution >= 4 is 35.0 Å². The molecule has 1 fully saturated rings. The number of amides is 3. The van der Waals surface area contributed by atoms with Crippen LogP contribution >= 0.6 is 0 Å². The van der Waals surface area contributed by atoms with Gasteiger partial charge in [0.2, 0.25) is 18.6 Å². The summed E-state index contributed by atoms with van der Waals surface area (Å²) in [6, 6.07) is 12.0. The molecule has 2 heterocycles. The van der Waals surface area contributed by atoms with Crippen molar-refractivity contribution in [1.82, 2.24) is 0 Å². The van der Waals surface area contributed by atoms with Crippen molar-refractivity contribution in [1.29, 1.82) is 0 Å². The summed E-state index contributed by atoms with van der Waals surface area (Å²) in [5.74, 6) is 0.558. The van der Waals surface area contributed by atoms with Gasteiger partial charge in [-0.15, -0.1) is 0 Å². The molecule has 9 nitrogen and oxygen atoms in total. The molecule has 2 aliphatic heterocycles. The van der Waals surface area contributed by atoms with Crippen molar-refractivity contribution in [3.63, 3.8) is 0 Å². The molecule has 0 radical (unpaired) electrons. The highest BCUT2D eigenvalue weighted by atomic mass is 16.7. The van der Waals surface area contributed by atoms with Crippen LogP contribution in [0.2, 0.25) is 0 Å². The van der Waals surface area contributed by atoms with E-state index in [2.05, 4.69) is 10.6 Å². The summed E-state index contributed by atoms with van der Waals surface area (Å²) in [6.07, 6.45) is -0.442. The number of nitrogens with one attached hydrogen (secondary N) is 2. The second-order valence-corrected chi connectivity index (χ2v) is 8.13. The molecule has 0 spiro atoms. The Balaban J connectivity index is 1.36. The van der Waals surface area contributed by atoms with E-state index < -0.39 is 12.0 Å². The van der Waals surface area contributed by atoms with Gasteiger partial charge in [-0.3, -0.25) is 14.9 Å². The lowest BCUT2D eigenvalue weighted by Crippen LogP contribution is -2.28. The van der Waals surface area contributed by atoms with Gasteiger partial charge in [-0.1, -0.05) is 19.9 Å². The quantitative estimate of drug-likeness (QED) is 0.712. The van der Waals surface area contributed by atoms with Crippen LogP contribution in [0.4, 0.5) is 21.9 Å². The number of anilines is 3. The van der Waals surface area contributed by atoms with Crippen molar-refractivity contribution in [3.8, 4) is 11.5 Å². The molecule has 4 rings (SSSR count). The highest BCUT2D eigenvalue weighted by Gasteiger charge is 2.35. The third kappa shape index (κ3) is 4.93. The summed E-state index contributed by atoms with van der Waals surface area (Å²) in [5.41, 5.74) is 1.69. The second-order valence-electron chi connectivity index (χ2n) is 8.13. The Kier molecular flexibility index (Phi) is 6.16. The average Bonchev–Trinajstić information content (AvgIpc) is 3.38. The highest BCUT2D eigenvalue weighted by Crippen LogP contribution is 2.37. The zero-order valence-corrected chi connectivity index (χ0v) is 17.9. The van der Waals surface area contributed by atoms with Crippen LogP contribution in [-0.2, 0) is 14.3 Å². The third-order valence-corrected chi connectivity index (χ3v) is 5.09. The number of carbonyl (C=O) groups is 3. The van der Waals surface area contributed by atoms with Crippen LogP contribution in [0, 0.1) is 11.8 Å². The minimum atomic E-state index is -0.553. The van der Waals surface area contributed by atoms with Gasteiger partial charge in [0.25, 0.3) is 0 Å². The van der Waals surface area contributed by atoms with Gasteiger partial charge in [0.05, 0.1) is 12.5 Å². The summed E-state index contributed by atoms with van der Waals surface area (Å²) in [7, 11) is 0. The summed E-state index contributed by atoms with van der Waals surface area (Å²) >= 11 is 0. The Labute approximate surface area is 185 Å². The van der Waals surface area contributed by atoms with Gasteiger partial charge in [0, 0.05) is 36.1 Å². The number of fused-ring (bicyclic) bond motifs is 1. The van der Waals surface area contributed by atoms with Crippen LogP contribution in [0.3, 0.4) is 0 Å². The molecule has 3 amide bonds. The molecule has 2 N–H and O–H groups in total. The summed E-state index contributed by atoms with van der Waals surface area (Å²) in [6.45, 7) is 4.64. The molecule has 168 valence electrons. The summed E-state index contributed by atoms with van der Waals surface area (Å²) < 4.78 is 15.8. The fourth-order valence-electron chi connectivity index (χ4n) is 3.50. The topological polar surface area (TPSA) is 106 Å². The first kappa shape index (κ1) is 21.5. The number of carbonyl (C=O) groups excluding carboxylic acids is 3. The first-order valence-corrected chi connectivity index (χ1v) is 10.4. The normalized spacial score (nSPS) is 16.9. The maximum absolute atomic E-state index is 12.8. The van der Waals surface area contributed by atoms with Crippen molar-refractivity contribution in [2.45, 2.75) is 20.3 Å². The fraction of sp³-hybridized carbons (Fsp3) is 0.348. The van der Waals surface area contributed by atoms with Gasteiger partial charge >= 0.3 is 6.09 Å². The van der Waals surface area contributed by atoms with Gasteiger partial charge in [0.1, 0.15) is 0 Å². The van der Waals surface area contributed by atoms with Crippen LogP contribution in [0.5, 0.6) is 11.5 Å². The predicted molar refractivity (Wildman–Crippen MR) is 118 cm³/mol. The summed E-state index contributed by atoms with van der Waals surface area (Å²) in [4.78, 5) is 38.8. The molecule has 0 saturated carbocycles. The standard InChI is InChI=1S/C23H25N3O6/c1-14(2)12-30-23(29)25-17-5-3-4-16(9-17)24-22(28)15-8-21(27)26(11-15)18-6-7-19-20(10-18)32-13-31-19/h3-7,9-10,14-15H,8,11-13H2,1-2H3,(H,24,28)(H,25,29). The maximum Gasteiger partial charge on any atom is 0.411 e. The molecule has 0 bridgehead atoms. The van der Waals surface area contributed by atoms with E-state index in [-0.39, 0.29) is 37.5 Å². The van der Waals surface area contributed by atoms with E-state index in [9.17, 15) is 14.4 Å². The monoisotopic (exact) mass is 439 g/mol. The number of rotatable bonds is 6. The molecule has 2 aromatic rings. The first-order valence-electron chi connectivity index (χ1n) is 10.4. The molecule has 1 atom stereocenters. The molecular weight excluding hydrogens is 414 g/mol. The number of ether oxygens (including phenoxy) is 3. The van der Waals surface area contributed by atoms with E-state index in [1.807, 2.05) is 13.8 Å². The Morgan fingerprint density at radius 1 is 1.09 bits per heavy atom. The van der Waals surface area contributed by atoms with Crippen LogP contribution in [0.15, 0.2) is 42.5 Å². The van der Waals surface area contributed by atoms with E-state index in [0.29, 0.717) is 35.2 Å². The van der Waals surface area contributed by atoms with Crippen molar-refractivity contribution < 1.29 is 28.6 Å². The number of nitrogens with zero attached hydrogens (tertiary/aromatic N) is 1. The number of hydrogen-bond acceptors (Lipinski definition) is 6. The minimum absolute atomic E-state index is 0.111. The van der Waals surface area contributed by atoms with Crippen molar-refractivity contribution in [3.05, 3.63) is 42.5 Å². The predicted octanol–water partition coefficient (Wildman–Crippen LogP) is 3.61. The Hall–Kier alpha value is -3.75. The number of hydrogen-bond donors (Lipinski definition) is 2. The lowest BCUT2D eigenvalue weighted by Gasteiger charge is -2.17. The molecule has 1 unspecified atom stereocenters. The van der Waals surface area contributed by atoms with Crippen molar-refractivity contribution in [2.75, 3.05) is 35.5 Å². The van der Waals surface area contributed by atoms with Crippen LogP contribution in [-0.4, -0.2) is 37.9 Å². The molecule has 32 heavy (non-hydrogen) atoms. The van der Waals surface area contributed by atoms with Crippen molar-refractivity contribution in [2.24, 2.45) is 11.8 Å². The largest absolute Gasteiger partial charge is 0.454 e. The summed E-state index contributed by atoms with van der Waals surface area (Å²) in [5, 5.41) is 5.47. The van der Waals surface area contributed by atoms with Gasteiger partial charge < -0.3 is 24.4 Å².